The fourth-order valence-corrected chi connectivity index (χ4v) is 2.93. The third kappa shape index (κ3) is 2.93. The molecule has 1 aromatic heterocycles. The molecule has 0 radical (unpaired) electrons. The van der Waals surface area contributed by atoms with Gasteiger partial charge in [-0.25, -0.2) is 0 Å². The number of aromatic nitrogens is 1. The number of aryl methyl sites for hydroxylation is 2. The van der Waals surface area contributed by atoms with Gasteiger partial charge in [0.1, 0.15) is 11.5 Å². The number of pyridine rings is 1. The van der Waals surface area contributed by atoms with Crippen LogP contribution in [0.4, 0.5) is 0 Å². The van der Waals surface area contributed by atoms with Crippen LogP contribution < -0.4 is 10.1 Å². The van der Waals surface area contributed by atoms with Gasteiger partial charge in [0.05, 0.1) is 0 Å². The standard InChI is InChI=1S/C18H20N2O/c1-2-13-4-7-17(10-14(13)3-1)21-18-8-9-19-11-15(18)12-20-16-5-6-16/h4,7-11,16,20H,1-3,5-6,12H2. The van der Waals surface area contributed by atoms with Crippen molar-refractivity contribution in [3.05, 3.63) is 53.3 Å². The van der Waals surface area contributed by atoms with Crippen molar-refractivity contribution in [1.29, 1.82) is 0 Å². The predicted octanol–water partition coefficient (Wildman–Crippen LogP) is 3.61. The molecule has 2 aliphatic carbocycles. The Bertz CT molecular complexity index is 649. The van der Waals surface area contributed by atoms with E-state index in [9.17, 15) is 0 Å². The normalized spacial score (nSPS) is 16.8. The monoisotopic (exact) mass is 280 g/mol. The van der Waals surface area contributed by atoms with Gasteiger partial charge >= 0.3 is 0 Å². The van der Waals surface area contributed by atoms with Crippen LogP contribution in [-0.2, 0) is 19.4 Å². The van der Waals surface area contributed by atoms with Crippen LogP contribution in [0.15, 0.2) is 36.7 Å². The molecule has 21 heavy (non-hydrogen) atoms. The lowest BCUT2D eigenvalue weighted by Crippen LogP contribution is -2.15. The predicted molar refractivity (Wildman–Crippen MR) is 82.6 cm³/mol. The zero-order valence-electron chi connectivity index (χ0n) is 12.1. The molecule has 1 saturated carbocycles. The molecule has 0 aliphatic heterocycles. The molecule has 0 bridgehead atoms. The molecule has 1 N–H and O–H groups in total. The molecule has 0 unspecified atom stereocenters. The molecule has 3 heteroatoms. The van der Waals surface area contributed by atoms with Crippen molar-refractivity contribution in [2.24, 2.45) is 0 Å². The minimum Gasteiger partial charge on any atom is -0.457 e. The Kier molecular flexibility index (Phi) is 3.36. The van der Waals surface area contributed by atoms with E-state index in [1.54, 1.807) is 6.20 Å². The summed E-state index contributed by atoms with van der Waals surface area (Å²) in [7, 11) is 0. The molecule has 2 aromatic rings. The van der Waals surface area contributed by atoms with Crippen molar-refractivity contribution in [3.8, 4) is 11.5 Å². The van der Waals surface area contributed by atoms with E-state index in [1.807, 2.05) is 12.3 Å². The molecule has 0 spiro atoms. The van der Waals surface area contributed by atoms with E-state index in [-0.39, 0.29) is 0 Å². The van der Waals surface area contributed by atoms with Crippen molar-refractivity contribution >= 4 is 0 Å². The first-order valence-electron chi connectivity index (χ1n) is 7.84. The minimum atomic E-state index is 0.693. The number of nitrogens with one attached hydrogen (secondary N) is 1. The van der Waals surface area contributed by atoms with E-state index >= 15 is 0 Å². The molecular formula is C18H20N2O. The van der Waals surface area contributed by atoms with Crippen LogP contribution in [0.25, 0.3) is 0 Å². The number of fused-ring (bicyclic) bond motifs is 1. The lowest BCUT2D eigenvalue weighted by molar-refractivity contribution is 0.471. The van der Waals surface area contributed by atoms with Crippen LogP contribution >= 0.6 is 0 Å². The van der Waals surface area contributed by atoms with Crippen LogP contribution in [0.2, 0.25) is 0 Å². The van der Waals surface area contributed by atoms with Crippen molar-refractivity contribution < 1.29 is 4.74 Å². The smallest absolute Gasteiger partial charge is 0.134 e. The summed E-state index contributed by atoms with van der Waals surface area (Å²) in [6, 6.07) is 9.14. The fourth-order valence-electron chi connectivity index (χ4n) is 2.93. The summed E-state index contributed by atoms with van der Waals surface area (Å²) in [5, 5.41) is 3.52. The topological polar surface area (TPSA) is 34.1 Å². The number of hydrogen-bond acceptors (Lipinski definition) is 3. The Hall–Kier alpha value is -1.87. The summed E-state index contributed by atoms with van der Waals surface area (Å²) < 4.78 is 6.11. The second-order valence-electron chi connectivity index (χ2n) is 6.02. The van der Waals surface area contributed by atoms with Gasteiger partial charge in [0.25, 0.3) is 0 Å². The van der Waals surface area contributed by atoms with Gasteiger partial charge in [-0.1, -0.05) is 6.07 Å². The van der Waals surface area contributed by atoms with Crippen LogP contribution in [0.1, 0.15) is 36.0 Å². The summed E-state index contributed by atoms with van der Waals surface area (Å²) in [6.45, 7) is 0.832. The molecule has 1 fully saturated rings. The maximum Gasteiger partial charge on any atom is 0.134 e. The first-order valence-corrected chi connectivity index (χ1v) is 7.84. The van der Waals surface area contributed by atoms with E-state index < -0.39 is 0 Å². The zero-order valence-corrected chi connectivity index (χ0v) is 12.1. The number of ether oxygens (including phenoxy) is 1. The van der Waals surface area contributed by atoms with Crippen LogP contribution in [0.5, 0.6) is 11.5 Å². The molecule has 108 valence electrons. The summed E-state index contributed by atoms with van der Waals surface area (Å²) in [5.41, 5.74) is 4.05. The number of hydrogen-bond donors (Lipinski definition) is 1. The quantitative estimate of drug-likeness (QED) is 0.908. The Morgan fingerprint density at radius 2 is 2.05 bits per heavy atom. The van der Waals surface area contributed by atoms with Gasteiger partial charge in [-0.05, 0) is 61.4 Å². The Labute approximate surface area is 125 Å². The first-order chi connectivity index (χ1) is 10.4. The van der Waals surface area contributed by atoms with Gasteiger partial charge < -0.3 is 10.1 Å². The van der Waals surface area contributed by atoms with E-state index in [1.165, 1.54) is 43.2 Å². The molecule has 1 aromatic carbocycles. The molecule has 2 aliphatic rings. The molecule has 0 atom stereocenters. The van der Waals surface area contributed by atoms with E-state index in [0.29, 0.717) is 6.04 Å². The highest BCUT2D eigenvalue weighted by Crippen LogP contribution is 2.30. The van der Waals surface area contributed by atoms with Crippen molar-refractivity contribution in [3.63, 3.8) is 0 Å². The van der Waals surface area contributed by atoms with Crippen molar-refractivity contribution in [1.82, 2.24) is 10.3 Å². The molecule has 0 amide bonds. The van der Waals surface area contributed by atoms with Gasteiger partial charge in [0.15, 0.2) is 0 Å². The largest absolute Gasteiger partial charge is 0.457 e. The van der Waals surface area contributed by atoms with Crippen LogP contribution in [-0.4, -0.2) is 11.0 Å². The summed E-state index contributed by atoms with van der Waals surface area (Å²) >= 11 is 0. The summed E-state index contributed by atoms with van der Waals surface area (Å²) in [6.07, 6.45) is 9.94. The first kappa shape index (κ1) is 12.8. The van der Waals surface area contributed by atoms with Gasteiger partial charge in [0.2, 0.25) is 0 Å². The molecule has 4 rings (SSSR count). The second-order valence-corrected chi connectivity index (χ2v) is 6.02. The van der Waals surface area contributed by atoms with Crippen LogP contribution in [0.3, 0.4) is 0 Å². The molecule has 0 saturated heterocycles. The van der Waals surface area contributed by atoms with Gasteiger partial charge in [0, 0.05) is 30.5 Å². The third-order valence-electron chi connectivity index (χ3n) is 4.32. The fraction of sp³-hybridized carbons (Fsp3) is 0.389. The average molecular weight is 280 g/mol. The minimum absolute atomic E-state index is 0.693. The molecular weight excluding hydrogens is 260 g/mol. The Morgan fingerprint density at radius 3 is 2.95 bits per heavy atom. The number of benzene rings is 1. The molecule has 3 nitrogen and oxygen atoms in total. The van der Waals surface area contributed by atoms with Gasteiger partial charge in [-0.2, -0.15) is 0 Å². The Morgan fingerprint density at radius 1 is 1.14 bits per heavy atom. The maximum absolute atomic E-state index is 6.11. The number of nitrogens with zero attached hydrogens (tertiary/aromatic N) is 1. The summed E-state index contributed by atoms with van der Waals surface area (Å²) in [5.74, 6) is 1.85. The second kappa shape index (κ2) is 5.49. The van der Waals surface area contributed by atoms with Crippen molar-refractivity contribution in [2.45, 2.75) is 44.7 Å². The highest BCUT2D eigenvalue weighted by atomic mass is 16.5. The Balaban J connectivity index is 1.53. The highest BCUT2D eigenvalue weighted by molar-refractivity contribution is 5.42. The van der Waals surface area contributed by atoms with Crippen LogP contribution in [0, 0.1) is 0 Å². The lowest BCUT2D eigenvalue weighted by Gasteiger charge is -2.12. The van der Waals surface area contributed by atoms with Crippen molar-refractivity contribution in [2.75, 3.05) is 0 Å². The van der Waals surface area contributed by atoms with E-state index in [2.05, 4.69) is 28.5 Å². The summed E-state index contributed by atoms with van der Waals surface area (Å²) in [4.78, 5) is 4.22. The van der Waals surface area contributed by atoms with E-state index in [4.69, 9.17) is 4.74 Å². The third-order valence-corrected chi connectivity index (χ3v) is 4.32. The van der Waals surface area contributed by atoms with Gasteiger partial charge in [-0.15, -0.1) is 0 Å². The highest BCUT2D eigenvalue weighted by Gasteiger charge is 2.20. The van der Waals surface area contributed by atoms with Gasteiger partial charge in [-0.3, -0.25) is 4.98 Å². The average Bonchev–Trinajstić information content (AvgIpc) is 3.22. The zero-order chi connectivity index (χ0) is 14.1. The lowest BCUT2D eigenvalue weighted by atomic mass is 10.1. The van der Waals surface area contributed by atoms with E-state index in [0.717, 1.165) is 23.6 Å². The maximum atomic E-state index is 6.11. The number of rotatable bonds is 5. The molecule has 1 heterocycles. The SMILES string of the molecule is c1cc(Oc2ccc3c(c2)CCC3)c(CNC2CC2)cn1.